The molecule has 0 saturated carbocycles. The normalized spacial score (nSPS) is 14.1. The zero-order valence-corrected chi connectivity index (χ0v) is 36.7. The van der Waals surface area contributed by atoms with Crippen LogP contribution in [0.15, 0.2) is 85.1 Å². The molecule has 57 heavy (non-hydrogen) atoms. The van der Waals surface area contributed by atoms with Gasteiger partial charge in [0.25, 0.3) is 0 Å². The Hall–Kier alpha value is -2.81. The molecule has 0 aromatic rings. The van der Waals surface area contributed by atoms with Crippen LogP contribution in [0.2, 0.25) is 0 Å². The minimum atomic E-state index is -4.39. The van der Waals surface area contributed by atoms with E-state index in [4.69, 9.17) is 24.3 Å². The van der Waals surface area contributed by atoms with Gasteiger partial charge in [0.05, 0.1) is 13.2 Å². The van der Waals surface area contributed by atoms with E-state index in [1.807, 2.05) is 0 Å². The Balaban J connectivity index is 4.22. The third-order valence-electron chi connectivity index (χ3n) is 8.77. The monoisotopic (exact) mass is 818 g/mol. The molecule has 2 unspecified atom stereocenters. The number of carbonyl (C=O) groups excluding carboxylic acids is 2. The van der Waals surface area contributed by atoms with Gasteiger partial charge in [-0.15, -0.1) is 0 Å². The van der Waals surface area contributed by atoms with Crippen molar-refractivity contribution >= 4 is 19.8 Å². The van der Waals surface area contributed by atoms with Crippen LogP contribution in [0.1, 0.15) is 168 Å². The molecule has 0 fully saturated rings. The summed E-state index contributed by atoms with van der Waals surface area (Å²) in [6.45, 7) is 3.54. The van der Waals surface area contributed by atoms with Crippen LogP contribution >= 0.6 is 7.82 Å². The Kier molecular flexibility index (Phi) is 40.7. The molecule has 0 spiro atoms. The van der Waals surface area contributed by atoms with Gasteiger partial charge in [-0.1, -0.05) is 150 Å². The molecule has 0 amide bonds. The number of nitrogens with two attached hydrogens (primary N) is 1. The van der Waals surface area contributed by atoms with E-state index in [9.17, 15) is 19.0 Å². The summed E-state index contributed by atoms with van der Waals surface area (Å²) in [5.74, 6) is -0.876. The predicted molar refractivity (Wildman–Crippen MR) is 238 cm³/mol. The Bertz CT molecular complexity index is 1210. The topological polar surface area (TPSA) is 134 Å². The molecular formula is C47H80NO8P. The van der Waals surface area contributed by atoms with Gasteiger partial charge in [0.15, 0.2) is 6.10 Å². The number of carbonyl (C=O) groups is 2. The minimum absolute atomic E-state index is 0.0432. The lowest BCUT2D eigenvalue weighted by atomic mass is 10.1. The summed E-state index contributed by atoms with van der Waals surface area (Å²) >= 11 is 0. The van der Waals surface area contributed by atoms with Crippen LogP contribution in [0, 0.1) is 0 Å². The van der Waals surface area contributed by atoms with Crippen molar-refractivity contribution in [2.75, 3.05) is 26.4 Å². The van der Waals surface area contributed by atoms with Crippen molar-refractivity contribution < 1.29 is 37.6 Å². The molecule has 0 rings (SSSR count). The summed E-state index contributed by atoms with van der Waals surface area (Å²) in [5, 5.41) is 0. The largest absolute Gasteiger partial charge is 0.472 e. The highest BCUT2D eigenvalue weighted by atomic mass is 31.2. The van der Waals surface area contributed by atoms with Crippen molar-refractivity contribution in [3.63, 3.8) is 0 Å². The van der Waals surface area contributed by atoms with E-state index in [-0.39, 0.29) is 32.6 Å². The number of phosphoric acid groups is 1. The fraction of sp³-hybridized carbons (Fsp3) is 0.660. The number of ether oxygens (including phenoxy) is 2. The molecule has 0 radical (unpaired) electrons. The molecule has 3 N–H and O–H groups in total. The maximum atomic E-state index is 12.6. The number of rotatable bonds is 40. The van der Waals surface area contributed by atoms with Crippen molar-refractivity contribution in [2.45, 2.75) is 174 Å². The Labute approximate surface area is 347 Å². The predicted octanol–water partition coefficient (Wildman–Crippen LogP) is 12.8. The second-order valence-electron chi connectivity index (χ2n) is 14.2. The average molecular weight is 818 g/mol. The quantitative estimate of drug-likeness (QED) is 0.0268. The molecule has 326 valence electrons. The zero-order valence-electron chi connectivity index (χ0n) is 35.8. The van der Waals surface area contributed by atoms with Crippen LogP contribution in [0.4, 0.5) is 0 Å². The Morgan fingerprint density at radius 2 is 0.965 bits per heavy atom. The molecule has 0 aliphatic rings. The summed E-state index contributed by atoms with van der Waals surface area (Å²) in [5.41, 5.74) is 5.34. The van der Waals surface area contributed by atoms with Gasteiger partial charge < -0.3 is 20.1 Å². The van der Waals surface area contributed by atoms with Gasteiger partial charge in [0, 0.05) is 19.4 Å². The second-order valence-corrected chi connectivity index (χ2v) is 15.6. The number of hydrogen-bond donors (Lipinski definition) is 2. The summed E-state index contributed by atoms with van der Waals surface area (Å²) in [7, 11) is -4.39. The van der Waals surface area contributed by atoms with Crippen molar-refractivity contribution in [3.05, 3.63) is 85.1 Å². The summed E-state index contributed by atoms with van der Waals surface area (Å²) < 4.78 is 32.7. The van der Waals surface area contributed by atoms with E-state index in [0.29, 0.717) is 12.8 Å². The van der Waals surface area contributed by atoms with Crippen LogP contribution < -0.4 is 5.73 Å². The molecule has 0 saturated heterocycles. The van der Waals surface area contributed by atoms with Gasteiger partial charge in [-0.3, -0.25) is 18.6 Å². The molecule has 9 nitrogen and oxygen atoms in total. The van der Waals surface area contributed by atoms with Gasteiger partial charge in [-0.05, 0) is 89.9 Å². The number of esters is 2. The first-order chi connectivity index (χ1) is 27.8. The SMILES string of the molecule is CC/C=C\C/C=C\C/C=C\C/C=C\C/C=C\C/C=C\CCCCCCC(=O)OC(COC(=O)CCCCCCC/C=C\CCCCCC)COP(=O)(O)OCCN. The zero-order chi connectivity index (χ0) is 41.8. The summed E-state index contributed by atoms with van der Waals surface area (Å²) in [6, 6.07) is 0. The Morgan fingerprint density at radius 3 is 1.46 bits per heavy atom. The van der Waals surface area contributed by atoms with E-state index >= 15 is 0 Å². The second kappa shape index (κ2) is 42.8. The van der Waals surface area contributed by atoms with Crippen LogP contribution in [-0.4, -0.2) is 49.3 Å². The van der Waals surface area contributed by atoms with Gasteiger partial charge in [0.1, 0.15) is 6.61 Å². The lowest BCUT2D eigenvalue weighted by Crippen LogP contribution is -2.29. The number of phosphoric ester groups is 1. The standard InChI is InChI=1S/C47H80NO8P/c1-3-5-7-9-11-13-15-17-18-19-20-21-22-23-24-25-26-28-30-32-34-36-38-40-47(50)56-45(44-55-57(51,52)54-42-41-48)43-53-46(49)39-37-35-33-31-29-27-16-14-12-10-8-6-4-2/h5,7,11,13-14,16-18,20-21,23-24,26,28,45H,3-4,6,8-10,12,15,19,22,25,27,29-44,48H2,1-2H3,(H,51,52)/b7-5-,13-11-,16-14-,18-17-,21-20-,24-23-,28-26-. The van der Waals surface area contributed by atoms with E-state index in [1.165, 1.54) is 32.1 Å². The molecule has 0 bridgehead atoms. The first-order valence-corrected chi connectivity index (χ1v) is 23.6. The molecular weight excluding hydrogens is 737 g/mol. The lowest BCUT2D eigenvalue weighted by Gasteiger charge is -2.19. The van der Waals surface area contributed by atoms with E-state index in [0.717, 1.165) is 96.3 Å². The third kappa shape index (κ3) is 42.6. The molecule has 0 aromatic heterocycles. The lowest BCUT2D eigenvalue weighted by molar-refractivity contribution is -0.161. The molecule has 0 aromatic carbocycles. The Morgan fingerprint density at radius 1 is 0.544 bits per heavy atom. The van der Waals surface area contributed by atoms with Gasteiger partial charge >= 0.3 is 19.8 Å². The number of unbranched alkanes of at least 4 members (excludes halogenated alkanes) is 13. The number of allylic oxidation sites excluding steroid dienone is 14. The molecule has 0 aliphatic heterocycles. The van der Waals surface area contributed by atoms with Crippen LogP contribution in [-0.2, 0) is 32.7 Å². The van der Waals surface area contributed by atoms with Crippen LogP contribution in [0.3, 0.4) is 0 Å². The molecule has 0 heterocycles. The highest BCUT2D eigenvalue weighted by Crippen LogP contribution is 2.43. The fourth-order valence-electron chi connectivity index (χ4n) is 5.51. The minimum Gasteiger partial charge on any atom is -0.462 e. The highest BCUT2D eigenvalue weighted by Gasteiger charge is 2.26. The fourth-order valence-corrected chi connectivity index (χ4v) is 6.28. The van der Waals surface area contributed by atoms with E-state index in [2.05, 4.69) is 98.9 Å². The maximum absolute atomic E-state index is 12.6. The van der Waals surface area contributed by atoms with Crippen LogP contribution in [0.25, 0.3) is 0 Å². The first-order valence-electron chi connectivity index (χ1n) is 22.1. The van der Waals surface area contributed by atoms with Gasteiger partial charge in [0.2, 0.25) is 0 Å². The molecule has 0 aliphatic carbocycles. The highest BCUT2D eigenvalue weighted by molar-refractivity contribution is 7.47. The van der Waals surface area contributed by atoms with E-state index < -0.39 is 32.5 Å². The number of hydrogen-bond acceptors (Lipinski definition) is 8. The summed E-state index contributed by atoms with van der Waals surface area (Å²) in [4.78, 5) is 34.9. The van der Waals surface area contributed by atoms with Gasteiger partial charge in [-0.25, -0.2) is 4.57 Å². The van der Waals surface area contributed by atoms with Crippen molar-refractivity contribution in [3.8, 4) is 0 Å². The molecule has 2 atom stereocenters. The van der Waals surface area contributed by atoms with Crippen molar-refractivity contribution in [1.82, 2.24) is 0 Å². The average Bonchev–Trinajstić information content (AvgIpc) is 3.20. The molecule has 10 heteroatoms. The third-order valence-corrected chi connectivity index (χ3v) is 9.75. The first kappa shape index (κ1) is 54.2. The van der Waals surface area contributed by atoms with Crippen LogP contribution in [0.5, 0.6) is 0 Å². The van der Waals surface area contributed by atoms with Crippen molar-refractivity contribution in [2.24, 2.45) is 5.73 Å². The summed E-state index contributed by atoms with van der Waals surface area (Å²) in [6.07, 6.45) is 53.3. The smallest absolute Gasteiger partial charge is 0.462 e. The van der Waals surface area contributed by atoms with Gasteiger partial charge in [-0.2, -0.15) is 0 Å². The maximum Gasteiger partial charge on any atom is 0.472 e. The van der Waals surface area contributed by atoms with E-state index in [1.54, 1.807) is 0 Å². The van der Waals surface area contributed by atoms with Crippen molar-refractivity contribution in [1.29, 1.82) is 0 Å².